The van der Waals surface area contributed by atoms with Gasteiger partial charge in [-0.1, -0.05) is 20.8 Å². The second-order valence-corrected chi connectivity index (χ2v) is 6.69. The number of carbonyl (C=O) groups is 1. The van der Waals surface area contributed by atoms with Gasteiger partial charge >= 0.3 is 6.18 Å². The van der Waals surface area contributed by atoms with Crippen LogP contribution in [0.5, 0.6) is 0 Å². The zero-order valence-electron chi connectivity index (χ0n) is 11.6. The van der Waals surface area contributed by atoms with Crippen LogP contribution in [0.3, 0.4) is 0 Å². The lowest BCUT2D eigenvalue weighted by atomic mass is 9.85. The number of nitrogen functional groups attached to an aromatic ring is 1. The lowest BCUT2D eigenvalue weighted by Crippen LogP contribution is -2.16. The Labute approximate surface area is 123 Å². The fraction of sp³-hybridized carbons (Fsp3) is 0.385. The minimum Gasteiger partial charge on any atom is -0.397 e. The molecular formula is C13H14F3N3OS. The number of hydrogen-bond donors (Lipinski definition) is 2. The average molecular weight is 317 g/mol. The number of carbonyl (C=O) groups excluding carboxylic acids is 1. The van der Waals surface area contributed by atoms with E-state index in [2.05, 4.69) is 4.98 Å². The first-order valence-electron chi connectivity index (χ1n) is 6.03. The highest BCUT2D eigenvalue weighted by atomic mass is 32.1. The van der Waals surface area contributed by atoms with Crippen LogP contribution in [0.15, 0.2) is 6.07 Å². The van der Waals surface area contributed by atoms with Gasteiger partial charge in [0.1, 0.15) is 15.4 Å². The quantitative estimate of drug-likeness (QED) is 0.846. The van der Waals surface area contributed by atoms with Crippen LogP contribution in [0.25, 0.3) is 10.2 Å². The Morgan fingerprint density at radius 1 is 1.29 bits per heavy atom. The van der Waals surface area contributed by atoms with Gasteiger partial charge in [-0.25, -0.2) is 4.98 Å². The van der Waals surface area contributed by atoms with Crippen molar-refractivity contribution in [1.82, 2.24) is 4.98 Å². The van der Waals surface area contributed by atoms with Gasteiger partial charge in [0, 0.05) is 5.39 Å². The summed E-state index contributed by atoms with van der Waals surface area (Å²) in [5, 5.41) is 0.370. The first kappa shape index (κ1) is 15.6. The lowest BCUT2D eigenvalue weighted by molar-refractivity contribution is -0.141. The Bertz CT molecular complexity index is 729. The van der Waals surface area contributed by atoms with Crippen molar-refractivity contribution in [3.05, 3.63) is 22.2 Å². The summed E-state index contributed by atoms with van der Waals surface area (Å²) in [4.78, 5) is 15.0. The number of hydrogen-bond acceptors (Lipinski definition) is 4. The van der Waals surface area contributed by atoms with Crippen LogP contribution in [-0.2, 0) is 11.6 Å². The molecule has 0 aliphatic heterocycles. The van der Waals surface area contributed by atoms with Crippen molar-refractivity contribution in [2.75, 3.05) is 5.73 Å². The summed E-state index contributed by atoms with van der Waals surface area (Å²) in [6.07, 6.45) is -4.57. The molecule has 114 valence electrons. The molecule has 4 N–H and O–H groups in total. The maximum absolute atomic E-state index is 13.0. The highest BCUT2D eigenvalue weighted by molar-refractivity contribution is 7.21. The lowest BCUT2D eigenvalue weighted by Gasteiger charge is -2.22. The fourth-order valence-corrected chi connectivity index (χ4v) is 3.01. The van der Waals surface area contributed by atoms with Crippen LogP contribution in [0.4, 0.5) is 18.9 Å². The van der Waals surface area contributed by atoms with Crippen LogP contribution < -0.4 is 11.5 Å². The molecule has 0 spiro atoms. The summed E-state index contributed by atoms with van der Waals surface area (Å²) in [7, 11) is 0. The fourth-order valence-electron chi connectivity index (χ4n) is 2.04. The second-order valence-electron chi connectivity index (χ2n) is 5.69. The summed E-state index contributed by atoms with van der Waals surface area (Å²) in [6.45, 7) is 5.30. The predicted octanol–water partition coefficient (Wildman–Crippen LogP) is 3.29. The Balaban J connectivity index is 2.92. The molecule has 0 aromatic carbocycles. The zero-order valence-corrected chi connectivity index (χ0v) is 12.4. The molecule has 0 saturated carbocycles. The maximum Gasteiger partial charge on any atom is 0.433 e. The number of alkyl halides is 3. The number of fused-ring (bicyclic) bond motifs is 1. The molecule has 21 heavy (non-hydrogen) atoms. The second kappa shape index (κ2) is 4.59. The summed E-state index contributed by atoms with van der Waals surface area (Å²) < 4.78 is 38.9. The van der Waals surface area contributed by atoms with Gasteiger partial charge in [0.2, 0.25) is 0 Å². The molecule has 0 fully saturated rings. The van der Waals surface area contributed by atoms with E-state index in [0.29, 0.717) is 10.9 Å². The average Bonchev–Trinajstić information content (AvgIpc) is 2.63. The maximum atomic E-state index is 13.0. The summed E-state index contributed by atoms with van der Waals surface area (Å²) in [5.74, 6) is -0.774. The number of pyridine rings is 1. The highest BCUT2D eigenvalue weighted by Crippen LogP contribution is 2.42. The summed E-state index contributed by atoms with van der Waals surface area (Å²) >= 11 is 0.782. The number of primary amides is 1. The minimum atomic E-state index is -4.57. The number of anilines is 1. The van der Waals surface area contributed by atoms with Gasteiger partial charge in [-0.15, -0.1) is 11.3 Å². The topological polar surface area (TPSA) is 82.0 Å². The van der Waals surface area contributed by atoms with E-state index in [9.17, 15) is 18.0 Å². The van der Waals surface area contributed by atoms with Crippen LogP contribution >= 0.6 is 11.3 Å². The molecule has 0 saturated heterocycles. The Morgan fingerprint density at radius 3 is 2.29 bits per heavy atom. The Kier molecular flexibility index (Phi) is 3.40. The van der Waals surface area contributed by atoms with E-state index in [1.54, 1.807) is 20.8 Å². The molecule has 0 aliphatic carbocycles. The highest BCUT2D eigenvalue weighted by Gasteiger charge is 2.36. The molecule has 2 aromatic heterocycles. The summed E-state index contributed by atoms with van der Waals surface area (Å²) in [5.41, 5.74) is 9.97. The summed E-state index contributed by atoms with van der Waals surface area (Å²) in [6, 6.07) is 0.982. The third-order valence-electron chi connectivity index (χ3n) is 3.02. The molecule has 1 amide bonds. The molecule has 2 rings (SSSR count). The van der Waals surface area contributed by atoms with Crippen molar-refractivity contribution in [2.45, 2.75) is 32.4 Å². The number of thiophene rings is 1. The number of amides is 1. The SMILES string of the molecule is CC(C)(C)c1cc(C(F)(F)F)nc2sc(C(N)=O)c(N)c12. The molecule has 0 bridgehead atoms. The molecule has 0 aliphatic rings. The molecule has 2 heterocycles. The Morgan fingerprint density at radius 2 is 1.86 bits per heavy atom. The normalized spacial score (nSPS) is 12.9. The molecule has 0 atom stereocenters. The Hall–Kier alpha value is -1.83. The number of halogens is 3. The largest absolute Gasteiger partial charge is 0.433 e. The van der Waals surface area contributed by atoms with E-state index in [1.807, 2.05) is 0 Å². The van der Waals surface area contributed by atoms with E-state index >= 15 is 0 Å². The van der Waals surface area contributed by atoms with Gasteiger partial charge in [-0.2, -0.15) is 13.2 Å². The van der Waals surface area contributed by atoms with Crippen molar-refractivity contribution >= 4 is 33.1 Å². The van der Waals surface area contributed by atoms with Crippen molar-refractivity contribution < 1.29 is 18.0 Å². The van der Waals surface area contributed by atoms with Gasteiger partial charge in [0.25, 0.3) is 5.91 Å². The van der Waals surface area contributed by atoms with Gasteiger partial charge in [-0.05, 0) is 17.0 Å². The molecule has 0 unspecified atom stereocenters. The van der Waals surface area contributed by atoms with Gasteiger partial charge in [0.05, 0.1) is 5.69 Å². The first-order valence-corrected chi connectivity index (χ1v) is 6.85. The van der Waals surface area contributed by atoms with Gasteiger partial charge in [-0.3, -0.25) is 4.79 Å². The standard InChI is InChI=1S/C13H14F3N3OS/c1-12(2,3)5-4-6(13(14,15)16)19-11-7(5)8(17)9(21-11)10(18)20/h4H,17H2,1-3H3,(H2,18,20). The number of nitrogens with two attached hydrogens (primary N) is 2. The smallest absolute Gasteiger partial charge is 0.397 e. The zero-order chi connectivity index (χ0) is 16.2. The van der Waals surface area contributed by atoms with E-state index in [1.165, 1.54) is 0 Å². The van der Waals surface area contributed by atoms with Gasteiger partial charge in [0.15, 0.2) is 0 Å². The van der Waals surface area contributed by atoms with E-state index < -0.39 is 23.2 Å². The first-order chi connectivity index (χ1) is 9.43. The van der Waals surface area contributed by atoms with Crippen LogP contribution in [-0.4, -0.2) is 10.9 Å². The predicted molar refractivity (Wildman–Crippen MR) is 76.3 cm³/mol. The number of nitrogens with zero attached hydrogens (tertiary/aromatic N) is 1. The van der Waals surface area contributed by atoms with Crippen molar-refractivity contribution in [2.24, 2.45) is 5.73 Å². The monoisotopic (exact) mass is 317 g/mol. The third kappa shape index (κ3) is 2.67. The van der Waals surface area contributed by atoms with Gasteiger partial charge < -0.3 is 11.5 Å². The van der Waals surface area contributed by atoms with E-state index in [-0.39, 0.29) is 15.4 Å². The van der Waals surface area contributed by atoms with Crippen LogP contribution in [0.2, 0.25) is 0 Å². The molecule has 4 nitrogen and oxygen atoms in total. The van der Waals surface area contributed by atoms with Crippen LogP contribution in [0, 0.1) is 0 Å². The molecule has 8 heteroatoms. The van der Waals surface area contributed by atoms with Crippen molar-refractivity contribution in [1.29, 1.82) is 0 Å². The molecule has 0 radical (unpaired) electrons. The van der Waals surface area contributed by atoms with Crippen molar-refractivity contribution in [3.63, 3.8) is 0 Å². The van der Waals surface area contributed by atoms with E-state index in [0.717, 1.165) is 17.4 Å². The number of rotatable bonds is 1. The molecular weight excluding hydrogens is 303 g/mol. The minimum absolute atomic E-state index is 0.0299. The third-order valence-corrected chi connectivity index (χ3v) is 4.14. The van der Waals surface area contributed by atoms with E-state index in [4.69, 9.17) is 11.5 Å². The number of aromatic nitrogens is 1. The van der Waals surface area contributed by atoms with Crippen LogP contribution in [0.1, 0.15) is 41.7 Å². The van der Waals surface area contributed by atoms with Crippen molar-refractivity contribution in [3.8, 4) is 0 Å². The molecule has 2 aromatic rings.